The summed E-state index contributed by atoms with van der Waals surface area (Å²) in [5, 5.41) is 14.2. The number of non-ortho nitro benzene ring substituents is 1. The molecule has 1 heterocycles. The van der Waals surface area contributed by atoms with E-state index in [-0.39, 0.29) is 16.6 Å². The predicted molar refractivity (Wildman–Crippen MR) is 131 cm³/mol. The van der Waals surface area contributed by atoms with Gasteiger partial charge in [0.2, 0.25) is 0 Å². The lowest BCUT2D eigenvalue weighted by atomic mass is 10.0. The van der Waals surface area contributed by atoms with Gasteiger partial charge < -0.3 is 9.17 Å². The Labute approximate surface area is 201 Å². The average Bonchev–Trinajstić information content (AvgIpc) is 2.88. The van der Waals surface area contributed by atoms with Crippen LogP contribution in [0.5, 0.6) is 5.75 Å². The van der Waals surface area contributed by atoms with Crippen molar-refractivity contribution < 1.29 is 30.7 Å². The SMILES string of the molecule is O=[N+]([O-])c1cccc2c1[nH]c1ccccc1c1c(OS(=O)(=O)C(F)(F)F)cccc1c1ccccc21. The summed E-state index contributed by atoms with van der Waals surface area (Å²) in [5.74, 6) is -0.533. The maximum atomic E-state index is 13.2. The number of nitro groups is 1. The third-order valence-electron chi connectivity index (χ3n) is 5.71. The zero-order valence-corrected chi connectivity index (χ0v) is 18.9. The van der Waals surface area contributed by atoms with Crippen LogP contribution in [0, 0.1) is 10.1 Å². The van der Waals surface area contributed by atoms with E-state index >= 15 is 0 Å². The Hall–Kier alpha value is -4.38. The predicted octanol–water partition coefficient (Wildman–Crippen LogP) is 6.89. The van der Waals surface area contributed by atoms with Gasteiger partial charge in [-0.2, -0.15) is 21.6 Å². The molecule has 4 aromatic carbocycles. The van der Waals surface area contributed by atoms with E-state index in [1.165, 1.54) is 18.2 Å². The molecule has 0 unspecified atom stereocenters. The molecule has 0 spiro atoms. The summed E-state index contributed by atoms with van der Waals surface area (Å²) in [4.78, 5) is 14.4. The highest BCUT2D eigenvalue weighted by Gasteiger charge is 2.48. The Kier molecular flexibility index (Phi) is 5.44. The largest absolute Gasteiger partial charge is 0.534 e. The van der Waals surface area contributed by atoms with Gasteiger partial charge in [0.15, 0.2) is 5.75 Å². The first-order chi connectivity index (χ1) is 17.1. The fraction of sp³-hybridized carbons (Fsp3) is 0.0400. The number of hydrogen-bond donors (Lipinski definition) is 1. The van der Waals surface area contributed by atoms with E-state index in [9.17, 15) is 31.7 Å². The minimum absolute atomic E-state index is 0.0799. The molecule has 5 rings (SSSR count). The van der Waals surface area contributed by atoms with E-state index in [4.69, 9.17) is 0 Å². The van der Waals surface area contributed by atoms with Gasteiger partial charge in [0.25, 0.3) is 5.69 Å². The van der Waals surface area contributed by atoms with Gasteiger partial charge in [0.05, 0.1) is 4.92 Å². The lowest BCUT2D eigenvalue weighted by Crippen LogP contribution is -2.28. The van der Waals surface area contributed by atoms with Crippen LogP contribution in [0.2, 0.25) is 0 Å². The summed E-state index contributed by atoms with van der Waals surface area (Å²) in [6, 6.07) is 22.0. The van der Waals surface area contributed by atoms with Gasteiger partial charge in [-0.1, -0.05) is 66.7 Å². The number of nitrogens with one attached hydrogen (secondary N) is 1. The molecule has 0 saturated carbocycles. The maximum Gasteiger partial charge on any atom is 0.534 e. The zero-order valence-electron chi connectivity index (χ0n) is 18.1. The number of aromatic amines is 1. The second kappa shape index (κ2) is 8.38. The number of para-hydroxylation sites is 2. The molecule has 0 aliphatic heterocycles. The fourth-order valence-corrected chi connectivity index (χ4v) is 4.68. The molecule has 0 saturated heterocycles. The summed E-state index contributed by atoms with van der Waals surface area (Å²) in [6.07, 6.45) is 0. The molecule has 5 aromatic rings. The Bertz CT molecular complexity index is 1860. The van der Waals surface area contributed by atoms with Crippen LogP contribution >= 0.6 is 0 Å². The molecular weight excluding hydrogens is 497 g/mol. The average molecular weight is 512 g/mol. The van der Waals surface area contributed by atoms with E-state index in [1.807, 2.05) is 0 Å². The lowest BCUT2D eigenvalue weighted by molar-refractivity contribution is -0.383. The van der Waals surface area contributed by atoms with Crippen molar-refractivity contribution in [3.63, 3.8) is 0 Å². The highest BCUT2D eigenvalue weighted by Crippen LogP contribution is 2.39. The van der Waals surface area contributed by atoms with Gasteiger partial charge >= 0.3 is 15.6 Å². The molecule has 36 heavy (non-hydrogen) atoms. The van der Waals surface area contributed by atoms with Crippen LogP contribution in [-0.4, -0.2) is 23.8 Å². The van der Waals surface area contributed by atoms with E-state index in [1.54, 1.807) is 60.7 Å². The number of halogens is 3. The van der Waals surface area contributed by atoms with Crippen LogP contribution in [0.15, 0.2) is 84.9 Å². The Balaban J connectivity index is 2.12. The molecule has 0 aliphatic rings. The second-order valence-electron chi connectivity index (χ2n) is 7.83. The number of alkyl halides is 3. The number of hydrogen-bond acceptors (Lipinski definition) is 5. The van der Waals surface area contributed by atoms with Crippen molar-refractivity contribution >= 4 is 59.2 Å². The van der Waals surface area contributed by atoms with E-state index < -0.39 is 26.3 Å². The molecule has 0 fully saturated rings. The Morgan fingerprint density at radius 3 is 1.97 bits per heavy atom. The standard InChI is InChI=1S/C25H15F3N2O5S/c26-25(27,28)36(33,34)35-22-14-6-10-17-15-7-1-2-8-16(15)18-11-5-13-21(30(31)32)24(18)29-20-12-4-3-9-19(20)23(17)22/h1-14,29H. The third-order valence-corrected chi connectivity index (χ3v) is 6.68. The molecule has 0 bridgehead atoms. The van der Waals surface area contributed by atoms with E-state index in [2.05, 4.69) is 9.17 Å². The third kappa shape index (κ3) is 3.83. The maximum absolute atomic E-state index is 13.2. The van der Waals surface area contributed by atoms with Crippen LogP contribution in [-0.2, 0) is 10.1 Å². The molecular formula is C25H15F3N2O5S. The summed E-state index contributed by atoms with van der Waals surface area (Å²) >= 11 is 0. The summed E-state index contributed by atoms with van der Waals surface area (Å²) in [6.45, 7) is 0. The van der Waals surface area contributed by atoms with Crippen molar-refractivity contribution in [2.45, 2.75) is 5.51 Å². The molecule has 0 aliphatic carbocycles. The van der Waals surface area contributed by atoms with Crippen molar-refractivity contribution in [1.29, 1.82) is 0 Å². The highest BCUT2D eigenvalue weighted by atomic mass is 32.2. The number of nitrogens with zero attached hydrogens (tertiary/aromatic N) is 1. The van der Waals surface area contributed by atoms with Crippen LogP contribution in [0.3, 0.4) is 0 Å². The first-order valence-corrected chi connectivity index (χ1v) is 11.9. The number of benzene rings is 4. The molecule has 1 aromatic heterocycles. The first-order valence-electron chi connectivity index (χ1n) is 10.5. The number of H-pyrrole nitrogens is 1. The van der Waals surface area contributed by atoms with Crippen LogP contribution < -0.4 is 4.18 Å². The molecule has 1 N–H and O–H groups in total. The van der Waals surface area contributed by atoms with Crippen molar-refractivity contribution in [3.8, 4) is 5.75 Å². The second-order valence-corrected chi connectivity index (χ2v) is 9.37. The molecule has 0 amide bonds. The molecule has 182 valence electrons. The van der Waals surface area contributed by atoms with Gasteiger partial charge in [-0.25, -0.2) is 0 Å². The fourth-order valence-electron chi connectivity index (χ4n) is 4.21. The molecule has 7 nitrogen and oxygen atoms in total. The Morgan fingerprint density at radius 2 is 1.31 bits per heavy atom. The van der Waals surface area contributed by atoms with Gasteiger partial charge in [0, 0.05) is 27.7 Å². The number of nitro benzene ring substituents is 1. The normalized spacial score (nSPS) is 12.2. The summed E-state index contributed by atoms with van der Waals surface area (Å²) in [7, 11) is -5.98. The van der Waals surface area contributed by atoms with Gasteiger partial charge in [-0.05, 0) is 28.3 Å². The van der Waals surface area contributed by atoms with Gasteiger partial charge in [0.1, 0.15) is 5.52 Å². The minimum Gasteiger partial charge on any atom is -0.375 e. The van der Waals surface area contributed by atoms with Crippen molar-refractivity contribution in [2.75, 3.05) is 0 Å². The van der Waals surface area contributed by atoms with Crippen LogP contribution in [0.4, 0.5) is 18.9 Å². The van der Waals surface area contributed by atoms with Gasteiger partial charge in [-0.15, -0.1) is 0 Å². The minimum atomic E-state index is -5.98. The van der Waals surface area contributed by atoms with Crippen LogP contribution in [0.25, 0.3) is 43.4 Å². The van der Waals surface area contributed by atoms with Crippen molar-refractivity contribution in [2.24, 2.45) is 0 Å². The van der Waals surface area contributed by atoms with Crippen molar-refractivity contribution in [1.82, 2.24) is 4.98 Å². The first kappa shape index (κ1) is 23.4. The smallest absolute Gasteiger partial charge is 0.375 e. The van der Waals surface area contributed by atoms with E-state index in [0.717, 1.165) is 6.07 Å². The molecule has 0 atom stereocenters. The van der Waals surface area contributed by atoms with Crippen LogP contribution in [0.1, 0.15) is 0 Å². The molecule has 11 heteroatoms. The van der Waals surface area contributed by atoms with E-state index in [0.29, 0.717) is 32.4 Å². The molecule has 0 radical (unpaired) electrons. The number of aromatic nitrogens is 1. The highest BCUT2D eigenvalue weighted by molar-refractivity contribution is 7.88. The van der Waals surface area contributed by atoms with Gasteiger partial charge in [-0.3, -0.25) is 10.1 Å². The quantitative estimate of drug-likeness (QED) is 0.123. The number of rotatable bonds is 3. The van der Waals surface area contributed by atoms with Crippen molar-refractivity contribution in [3.05, 3.63) is 95.0 Å². The number of fused-ring (bicyclic) bond motifs is 7. The monoisotopic (exact) mass is 512 g/mol. The lowest BCUT2D eigenvalue weighted by Gasteiger charge is -2.12. The zero-order chi connectivity index (χ0) is 25.7. The summed E-state index contributed by atoms with van der Waals surface area (Å²) in [5.41, 5.74) is -5.36. The Morgan fingerprint density at radius 1 is 0.750 bits per heavy atom. The summed E-state index contributed by atoms with van der Waals surface area (Å²) < 4.78 is 68.1. The topological polar surface area (TPSA) is 102 Å².